The van der Waals surface area contributed by atoms with Crippen molar-refractivity contribution in [1.29, 1.82) is 0 Å². The van der Waals surface area contributed by atoms with Crippen LogP contribution in [-0.4, -0.2) is 66.9 Å². The van der Waals surface area contributed by atoms with E-state index in [1.165, 1.54) is 0 Å². The van der Waals surface area contributed by atoms with E-state index in [0.29, 0.717) is 13.2 Å². The molecule has 8 nitrogen and oxygen atoms in total. The van der Waals surface area contributed by atoms with E-state index >= 15 is 0 Å². The predicted octanol–water partition coefficient (Wildman–Crippen LogP) is 3.64. The average Bonchev–Trinajstić information content (AvgIpc) is 3.14. The Morgan fingerprint density at radius 3 is 2.18 bits per heavy atom. The minimum Gasteiger partial charge on any atom is -0.481 e. The van der Waals surface area contributed by atoms with E-state index in [4.69, 9.17) is 14.6 Å². The molecule has 1 aliphatic rings. The van der Waals surface area contributed by atoms with Gasteiger partial charge in [0.1, 0.15) is 12.6 Å². The Bertz CT molecular complexity index is 978. The molecule has 2 amide bonds. The lowest BCUT2D eigenvalue weighted by Crippen LogP contribution is -2.52. The quantitative estimate of drug-likeness (QED) is 0.522. The summed E-state index contributed by atoms with van der Waals surface area (Å²) >= 11 is 0. The van der Waals surface area contributed by atoms with E-state index in [0.717, 1.165) is 22.3 Å². The van der Waals surface area contributed by atoms with Crippen molar-refractivity contribution >= 4 is 18.0 Å². The van der Waals surface area contributed by atoms with Crippen LogP contribution in [0.5, 0.6) is 0 Å². The minimum absolute atomic E-state index is 0.0332. The van der Waals surface area contributed by atoms with Gasteiger partial charge in [-0.3, -0.25) is 9.59 Å². The number of benzene rings is 2. The van der Waals surface area contributed by atoms with Gasteiger partial charge in [-0.15, -0.1) is 0 Å². The van der Waals surface area contributed by atoms with Gasteiger partial charge in [0.25, 0.3) is 0 Å². The molecule has 2 N–H and O–H groups in total. The van der Waals surface area contributed by atoms with Crippen LogP contribution in [0.4, 0.5) is 4.79 Å². The molecule has 2 aromatic carbocycles. The van der Waals surface area contributed by atoms with Crippen LogP contribution in [0.2, 0.25) is 0 Å². The number of carbonyl (C=O) groups excluding carboxylic acids is 2. The van der Waals surface area contributed by atoms with Crippen molar-refractivity contribution < 1.29 is 29.0 Å². The maximum absolute atomic E-state index is 13.1. The Balaban J connectivity index is 1.70. The van der Waals surface area contributed by atoms with Gasteiger partial charge < -0.3 is 24.8 Å². The number of ether oxygens (including phenoxy) is 2. The number of alkyl carbamates (subject to hydrolysis) is 1. The molecular weight excluding hydrogens is 436 g/mol. The third-order valence-electron chi connectivity index (χ3n) is 6.14. The van der Waals surface area contributed by atoms with Crippen molar-refractivity contribution in [3.05, 3.63) is 59.7 Å². The summed E-state index contributed by atoms with van der Waals surface area (Å²) < 4.78 is 10.7. The van der Waals surface area contributed by atoms with E-state index in [-0.39, 0.29) is 37.3 Å². The number of nitrogens with zero attached hydrogens (tertiary/aromatic N) is 1. The molecule has 0 aliphatic heterocycles. The molecule has 1 aliphatic carbocycles. The molecule has 3 rings (SSSR count). The Hall–Kier alpha value is -3.39. The molecule has 182 valence electrons. The van der Waals surface area contributed by atoms with Crippen molar-refractivity contribution in [3.63, 3.8) is 0 Å². The summed E-state index contributed by atoms with van der Waals surface area (Å²) in [4.78, 5) is 38.5. The number of hydrogen-bond donors (Lipinski definition) is 2. The van der Waals surface area contributed by atoms with Crippen LogP contribution in [0, 0.1) is 0 Å². The van der Waals surface area contributed by atoms with Crippen molar-refractivity contribution in [2.24, 2.45) is 0 Å². The zero-order chi connectivity index (χ0) is 24.7. The number of carboxylic acid groups (broad SMARTS) is 1. The van der Waals surface area contributed by atoms with E-state index in [9.17, 15) is 14.4 Å². The molecule has 0 fully saturated rings. The summed E-state index contributed by atoms with van der Waals surface area (Å²) in [6, 6.07) is 14.8. The summed E-state index contributed by atoms with van der Waals surface area (Å²) in [7, 11) is 1.55. The van der Waals surface area contributed by atoms with Crippen LogP contribution in [0.1, 0.15) is 43.7 Å². The lowest BCUT2D eigenvalue weighted by atomic mass is 9.98. The maximum Gasteiger partial charge on any atom is 0.407 e. The number of hydrogen-bond acceptors (Lipinski definition) is 5. The van der Waals surface area contributed by atoms with Crippen LogP contribution in [0.25, 0.3) is 11.1 Å². The number of fused-ring (bicyclic) bond motifs is 3. The van der Waals surface area contributed by atoms with Crippen LogP contribution < -0.4 is 5.32 Å². The number of likely N-dealkylation sites (N-methyl/N-ethyl adjacent to an activating group) is 1. The summed E-state index contributed by atoms with van der Waals surface area (Å²) in [5.41, 5.74) is 4.40. The van der Waals surface area contributed by atoms with Gasteiger partial charge in [-0.1, -0.05) is 48.5 Å². The van der Waals surface area contributed by atoms with Crippen molar-refractivity contribution in [2.75, 3.05) is 26.9 Å². The van der Waals surface area contributed by atoms with Crippen molar-refractivity contribution in [2.45, 2.75) is 44.7 Å². The number of amides is 2. The van der Waals surface area contributed by atoms with Gasteiger partial charge in [0.05, 0.1) is 12.6 Å². The van der Waals surface area contributed by atoms with Gasteiger partial charge in [0.2, 0.25) is 5.91 Å². The standard InChI is InChI=1S/C26H32N2O6/c1-4-28(17(2)15-33-3)25(31)23(13-14-24(29)30)27-26(32)34-16-22-20-11-7-5-9-18(20)19-10-6-8-12-21(19)22/h5-12,17,22-23H,4,13-16H2,1-3H3,(H,27,32)(H,29,30). The first-order chi connectivity index (χ1) is 16.4. The number of nitrogens with one attached hydrogen (secondary N) is 1. The van der Waals surface area contributed by atoms with E-state index in [1.807, 2.05) is 50.2 Å². The molecule has 34 heavy (non-hydrogen) atoms. The van der Waals surface area contributed by atoms with Crippen LogP contribution in [0.3, 0.4) is 0 Å². The highest BCUT2D eigenvalue weighted by atomic mass is 16.5. The molecule has 8 heteroatoms. The van der Waals surface area contributed by atoms with E-state index < -0.39 is 18.1 Å². The first-order valence-electron chi connectivity index (χ1n) is 11.5. The van der Waals surface area contributed by atoms with Crippen molar-refractivity contribution in [3.8, 4) is 11.1 Å². The Labute approximate surface area is 199 Å². The van der Waals surface area contributed by atoms with Gasteiger partial charge >= 0.3 is 12.1 Å². The third kappa shape index (κ3) is 5.75. The second kappa shape index (κ2) is 11.7. The highest BCUT2D eigenvalue weighted by molar-refractivity contribution is 5.86. The highest BCUT2D eigenvalue weighted by Gasteiger charge is 2.31. The second-order valence-electron chi connectivity index (χ2n) is 8.38. The molecule has 0 radical (unpaired) electrons. The Morgan fingerprint density at radius 1 is 1.06 bits per heavy atom. The van der Waals surface area contributed by atoms with Gasteiger partial charge in [0, 0.05) is 26.0 Å². The molecule has 0 bridgehead atoms. The molecule has 0 spiro atoms. The molecule has 0 aromatic heterocycles. The summed E-state index contributed by atoms with van der Waals surface area (Å²) in [6.45, 7) is 4.50. The first kappa shape index (κ1) is 25.2. The third-order valence-corrected chi connectivity index (χ3v) is 6.14. The van der Waals surface area contributed by atoms with Crippen LogP contribution in [-0.2, 0) is 19.1 Å². The van der Waals surface area contributed by atoms with E-state index in [2.05, 4.69) is 17.4 Å². The lowest BCUT2D eigenvalue weighted by Gasteiger charge is -2.31. The zero-order valence-electron chi connectivity index (χ0n) is 19.8. The number of carbonyl (C=O) groups is 3. The average molecular weight is 469 g/mol. The summed E-state index contributed by atoms with van der Waals surface area (Å²) in [6.07, 6.45) is -1.04. The largest absolute Gasteiger partial charge is 0.481 e. The molecular formula is C26H32N2O6. The summed E-state index contributed by atoms with van der Waals surface area (Å²) in [5.74, 6) is -1.51. The molecule has 0 saturated heterocycles. The fourth-order valence-electron chi connectivity index (χ4n) is 4.52. The summed E-state index contributed by atoms with van der Waals surface area (Å²) in [5, 5.41) is 11.7. The van der Waals surface area contributed by atoms with Crippen LogP contribution in [0.15, 0.2) is 48.5 Å². The lowest BCUT2D eigenvalue weighted by molar-refractivity contribution is -0.138. The van der Waals surface area contributed by atoms with E-state index in [1.54, 1.807) is 12.0 Å². The Morgan fingerprint density at radius 2 is 1.65 bits per heavy atom. The smallest absolute Gasteiger partial charge is 0.407 e. The van der Waals surface area contributed by atoms with Gasteiger partial charge in [-0.25, -0.2) is 4.79 Å². The molecule has 2 aromatic rings. The Kier molecular flexibility index (Phi) is 8.65. The van der Waals surface area contributed by atoms with Gasteiger partial charge in [-0.2, -0.15) is 0 Å². The SMILES string of the molecule is CCN(C(=O)C(CCC(=O)O)NC(=O)OCC1c2ccccc2-c2ccccc21)C(C)COC. The number of rotatable bonds is 11. The predicted molar refractivity (Wildman–Crippen MR) is 128 cm³/mol. The number of methoxy groups -OCH3 is 1. The van der Waals surface area contributed by atoms with Gasteiger partial charge in [-0.05, 0) is 42.5 Å². The monoisotopic (exact) mass is 468 g/mol. The molecule has 2 unspecified atom stereocenters. The fraction of sp³-hybridized carbons (Fsp3) is 0.423. The van der Waals surface area contributed by atoms with Crippen molar-refractivity contribution in [1.82, 2.24) is 10.2 Å². The molecule has 2 atom stereocenters. The normalized spacial score (nSPS) is 14.0. The first-order valence-corrected chi connectivity index (χ1v) is 11.5. The topological polar surface area (TPSA) is 105 Å². The highest BCUT2D eigenvalue weighted by Crippen LogP contribution is 2.44. The molecule has 0 saturated carbocycles. The van der Waals surface area contributed by atoms with Crippen LogP contribution >= 0.6 is 0 Å². The minimum atomic E-state index is -1.04. The zero-order valence-corrected chi connectivity index (χ0v) is 19.8. The maximum atomic E-state index is 13.1. The van der Waals surface area contributed by atoms with Gasteiger partial charge in [0.15, 0.2) is 0 Å². The number of aliphatic carboxylic acids is 1. The second-order valence-corrected chi connectivity index (χ2v) is 8.38. The molecule has 0 heterocycles. The fourth-order valence-corrected chi connectivity index (χ4v) is 4.52. The number of carboxylic acids is 1.